The van der Waals surface area contributed by atoms with Crippen LogP contribution in [0.1, 0.15) is 34.6 Å². The SMILES string of the molecule is CC1OP(=O)(CC(=O)OC(C)(C)C)OC1C. The minimum atomic E-state index is -3.30. The normalized spacial score (nSPS) is 35.1. The van der Waals surface area contributed by atoms with Crippen LogP contribution in [-0.4, -0.2) is 29.9 Å². The molecule has 1 fully saturated rings. The lowest BCUT2D eigenvalue weighted by molar-refractivity contribution is -0.151. The summed E-state index contributed by atoms with van der Waals surface area (Å²) in [5.41, 5.74) is -0.590. The van der Waals surface area contributed by atoms with E-state index in [9.17, 15) is 9.36 Å². The van der Waals surface area contributed by atoms with E-state index in [0.29, 0.717) is 0 Å². The Morgan fingerprint density at radius 2 is 1.69 bits per heavy atom. The van der Waals surface area contributed by atoms with Gasteiger partial charge in [-0.2, -0.15) is 0 Å². The Morgan fingerprint density at radius 3 is 2.06 bits per heavy atom. The summed E-state index contributed by atoms with van der Waals surface area (Å²) in [6.45, 7) is 8.78. The van der Waals surface area contributed by atoms with Gasteiger partial charge in [0.15, 0.2) is 0 Å². The van der Waals surface area contributed by atoms with E-state index in [-0.39, 0.29) is 18.4 Å². The maximum atomic E-state index is 12.0. The first-order valence-electron chi connectivity index (χ1n) is 5.29. The van der Waals surface area contributed by atoms with Crippen LogP contribution >= 0.6 is 7.60 Å². The Balaban J connectivity index is 2.55. The largest absolute Gasteiger partial charge is 0.459 e. The highest BCUT2D eigenvalue weighted by Gasteiger charge is 2.42. The van der Waals surface area contributed by atoms with Gasteiger partial charge in [0, 0.05) is 0 Å². The number of hydrogen-bond donors (Lipinski definition) is 0. The van der Waals surface area contributed by atoms with Crippen LogP contribution in [0.4, 0.5) is 0 Å². The lowest BCUT2D eigenvalue weighted by atomic mass is 10.2. The third kappa shape index (κ3) is 3.89. The van der Waals surface area contributed by atoms with Gasteiger partial charge >= 0.3 is 13.6 Å². The lowest BCUT2D eigenvalue weighted by Crippen LogP contribution is -2.25. The molecule has 0 radical (unpaired) electrons. The van der Waals surface area contributed by atoms with Crippen LogP contribution in [0, 0.1) is 0 Å². The van der Waals surface area contributed by atoms with Crippen LogP contribution in [0.15, 0.2) is 0 Å². The topological polar surface area (TPSA) is 61.8 Å². The highest BCUT2D eigenvalue weighted by molar-refractivity contribution is 7.55. The first-order valence-corrected chi connectivity index (χ1v) is 7.02. The molecule has 2 atom stereocenters. The van der Waals surface area contributed by atoms with E-state index in [2.05, 4.69) is 0 Å². The van der Waals surface area contributed by atoms with E-state index >= 15 is 0 Å². The number of carbonyl (C=O) groups excluding carboxylic acids is 1. The summed E-state index contributed by atoms with van der Waals surface area (Å²) in [6.07, 6.45) is -0.833. The Labute approximate surface area is 96.0 Å². The van der Waals surface area contributed by atoms with Crippen molar-refractivity contribution in [1.82, 2.24) is 0 Å². The molecule has 5 nitrogen and oxygen atoms in total. The molecule has 2 unspecified atom stereocenters. The smallest absolute Gasteiger partial charge is 0.342 e. The third-order valence-electron chi connectivity index (χ3n) is 2.06. The molecule has 1 aliphatic rings. The van der Waals surface area contributed by atoms with Crippen molar-refractivity contribution in [2.75, 3.05) is 6.16 Å². The fraction of sp³-hybridized carbons (Fsp3) is 0.900. The molecular weight excluding hydrogens is 231 g/mol. The Bertz CT molecular complexity index is 306. The van der Waals surface area contributed by atoms with Crippen LogP contribution in [0.25, 0.3) is 0 Å². The number of hydrogen-bond acceptors (Lipinski definition) is 5. The van der Waals surface area contributed by atoms with Crippen molar-refractivity contribution in [3.05, 3.63) is 0 Å². The first kappa shape index (κ1) is 13.7. The summed E-state index contributed by atoms with van der Waals surface area (Å²) in [5, 5.41) is 0. The van der Waals surface area contributed by atoms with Crippen molar-refractivity contribution in [2.24, 2.45) is 0 Å². The second-order valence-electron chi connectivity index (χ2n) is 4.98. The van der Waals surface area contributed by atoms with Crippen molar-refractivity contribution in [3.63, 3.8) is 0 Å². The van der Waals surface area contributed by atoms with Crippen molar-refractivity contribution in [2.45, 2.75) is 52.4 Å². The zero-order valence-corrected chi connectivity index (χ0v) is 11.2. The predicted molar refractivity (Wildman–Crippen MR) is 59.4 cm³/mol. The van der Waals surface area contributed by atoms with Crippen LogP contribution in [0.2, 0.25) is 0 Å². The van der Waals surface area contributed by atoms with E-state index in [1.807, 2.05) is 0 Å². The molecule has 16 heavy (non-hydrogen) atoms. The molecule has 0 spiro atoms. The van der Waals surface area contributed by atoms with E-state index < -0.39 is 19.2 Å². The molecule has 0 N–H and O–H groups in total. The van der Waals surface area contributed by atoms with Crippen molar-refractivity contribution in [1.29, 1.82) is 0 Å². The maximum absolute atomic E-state index is 12.0. The van der Waals surface area contributed by atoms with E-state index in [4.69, 9.17) is 13.8 Å². The van der Waals surface area contributed by atoms with Gasteiger partial charge < -0.3 is 13.8 Å². The van der Waals surface area contributed by atoms with E-state index in [0.717, 1.165) is 0 Å². The molecule has 1 aliphatic heterocycles. The quantitative estimate of drug-likeness (QED) is 0.556. The molecular formula is C10H19O5P. The van der Waals surface area contributed by atoms with Crippen LogP contribution in [0.5, 0.6) is 0 Å². The predicted octanol–water partition coefficient (Wildman–Crippen LogP) is 2.35. The molecule has 0 aromatic rings. The van der Waals surface area contributed by atoms with Crippen LogP contribution < -0.4 is 0 Å². The maximum Gasteiger partial charge on any atom is 0.342 e. The van der Waals surface area contributed by atoms with Crippen LogP contribution in [-0.2, 0) is 23.1 Å². The second kappa shape index (κ2) is 4.47. The summed E-state index contributed by atoms with van der Waals surface area (Å²) in [6, 6.07) is 0. The van der Waals surface area contributed by atoms with Gasteiger partial charge in [-0.05, 0) is 34.6 Å². The molecule has 0 aromatic heterocycles. The van der Waals surface area contributed by atoms with E-state index in [1.54, 1.807) is 34.6 Å². The molecule has 0 saturated carbocycles. The zero-order valence-electron chi connectivity index (χ0n) is 10.4. The van der Waals surface area contributed by atoms with Crippen molar-refractivity contribution < 1.29 is 23.1 Å². The number of ether oxygens (including phenoxy) is 1. The van der Waals surface area contributed by atoms with Gasteiger partial charge in [-0.15, -0.1) is 0 Å². The monoisotopic (exact) mass is 250 g/mol. The summed E-state index contributed by atoms with van der Waals surface area (Å²) >= 11 is 0. The average molecular weight is 250 g/mol. The van der Waals surface area contributed by atoms with Gasteiger partial charge in [0.2, 0.25) is 0 Å². The van der Waals surface area contributed by atoms with Gasteiger partial charge in [-0.3, -0.25) is 9.36 Å². The van der Waals surface area contributed by atoms with E-state index in [1.165, 1.54) is 0 Å². The fourth-order valence-electron chi connectivity index (χ4n) is 1.31. The minimum absolute atomic E-state index is 0.256. The minimum Gasteiger partial charge on any atom is -0.459 e. The third-order valence-corrected chi connectivity index (χ3v) is 4.01. The van der Waals surface area contributed by atoms with Crippen molar-refractivity contribution in [3.8, 4) is 0 Å². The van der Waals surface area contributed by atoms with Gasteiger partial charge in [0.05, 0.1) is 12.2 Å². The van der Waals surface area contributed by atoms with Gasteiger partial charge in [0.1, 0.15) is 11.8 Å². The number of rotatable bonds is 2. The highest BCUT2D eigenvalue weighted by atomic mass is 31.2. The Morgan fingerprint density at radius 1 is 1.25 bits per heavy atom. The number of esters is 1. The zero-order chi connectivity index (χ0) is 12.6. The summed E-state index contributed by atoms with van der Waals surface area (Å²) < 4.78 is 27.4. The standard InChI is InChI=1S/C10H19O5P/c1-7-8(2)15-16(12,14-7)6-9(11)13-10(3,4)5/h7-8H,6H2,1-5H3. The van der Waals surface area contributed by atoms with Crippen molar-refractivity contribution >= 4 is 13.6 Å². The molecule has 94 valence electrons. The molecule has 1 rings (SSSR count). The number of carbonyl (C=O) groups is 1. The molecule has 0 aromatic carbocycles. The van der Waals surface area contributed by atoms with Gasteiger partial charge in [-0.25, -0.2) is 0 Å². The van der Waals surface area contributed by atoms with Crippen LogP contribution in [0.3, 0.4) is 0 Å². The lowest BCUT2D eigenvalue weighted by Gasteiger charge is -2.20. The van der Waals surface area contributed by atoms with Gasteiger partial charge in [0.25, 0.3) is 0 Å². The molecule has 0 bridgehead atoms. The summed E-state index contributed by atoms with van der Waals surface area (Å²) in [7, 11) is -3.30. The average Bonchev–Trinajstić information content (AvgIpc) is 2.19. The fourth-order valence-corrected chi connectivity index (χ4v) is 3.24. The molecule has 0 amide bonds. The molecule has 0 aliphatic carbocycles. The molecule has 6 heteroatoms. The Kier molecular flexibility index (Phi) is 3.83. The first-order chi connectivity index (χ1) is 7.11. The second-order valence-corrected chi connectivity index (χ2v) is 6.94. The summed E-state index contributed by atoms with van der Waals surface area (Å²) in [4.78, 5) is 11.5. The Hall–Kier alpha value is -0.380. The molecule has 1 saturated heterocycles. The summed E-state index contributed by atoms with van der Waals surface area (Å²) in [5.74, 6) is -0.558. The highest BCUT2D eigenvalue weighted by Crippen LogP contribution is 2.56. The molecule has 1 heterocycles. The van der Waals surface area contributed by atoms with Gasteiger partial charge in [-0.1, -0.05) is 0 Å².